The van der Waals surface area contributed by atoms with Gasteiger partial charge in [-0.25, -0.2) is 4.68 Å². The summed E-state index contributed by atoms with van der Waals surface area (Å²) < 4.78 is 1.94. The molecule has 0 radical (unpaired) electrons. The molecule has 3 aromatic rings. The zero-order chi connectivity index (χ0) is 13.1. The van der Waals surface area contributed by atoms with Crippen molar-refractivity contribution >= 4 is 0 Å². The molecule has 1 heterocycles. The van der Waals surface area contributed by atoms with Crippen LogP contribution in [0.2, 0.25) is 0 Å². The summed E-state index contributed by atoms with van der Waals surface area (Å²) in [6.07, 6.45) is 0. The largest absolute Gasteiger partial charge is 0.245 e. The second-order valence-electron chi connectivity index (χ2n) is 4.53. The van der Waals surface area contributed by atoms with Crippen molar-refractivity contribution in [2.45, 2.75) is 13.5 Å². The summed E-state index contributed by atoms with van der Waals surface area (Å²) in [5.41, 5.74) is 4.39. The second kappa shape index (κ2) is 5.06. The standard InChI is InChI=1S/C16H15N3/c1-13-16(15-10-6-3-7-11-15)17-18-19(13)12-14-8-4-2-5-9-14/h2-11H,12H2,1H3. The topological polar surface area (TPSA) is 30.7 Å². The molecule has 0 bridgehead atoms. The number of benzene rings is 2. The smallest absolute Gasteiger partial charge is 0.115 e. The first kappa shape index (κ1) is 11.7. The van der Waals surface area contributed by atoms with Crippen molar-refractivity contribution in [1.82, 2.24) is 15.0 Å². The lowest BCUT2D eigenvalue weighted by atomic mass is 10.1. The molecule has 0 unspecified atom stereocenters. The Hall–Kier alpha value is -2.42. The molecule has 0 saturated carbocycles. The molecule has 3 rings (SSSR count). The van der Waals surface area contributed by atoms with Gasteiger partial charge in [0.2, 0.25) is 0 Å². The minimum atomic E-state index is 0.756. The Kier molecular flexibility index (Phi) is 3.11. The van der Waals surface area contributed by atoms with Crippen molar-refractivity contribution in [2.75, 3.05) is 0 Å². The summed E-state index contributed by atoms with van der Waals surface area (Å²) in [5.74, 6) is 0. The average molecular weight is 249 g/mol. The van der Waals surface area contributed by atoms with Crippen LogP contribution < -0.4 is 0 Å². The first-order valence-corrected chi connectivity index (χ1v) is 6.34. The number of hydrogen-bond donors (Lipinski definition) is 0. The zero-order valence-electron chi connectivity index (χ0n) is 10.8. The highest BCUT2D eigenvalue weighted by atomic mass is 15.4. The Morgan fingerprint density at radius 3 is 2.21 bits per heavy atom. The van der Waals surface area contributed by atoms with Gasteiger partial charge in [-0.2, -0.15) is 0 Å². The molecule has 0 amide bonds. The lowest BCUT2D eigenvalue weighted by molar-refractivity contribution is 0.633. The Morgan fingerprint density at radius 1 is 0.895 bits per heavy atom. The molecule has 3 heteroatoms. The van der Waals surface area contributed by atoms with Crippen LogP contribution in [0, 0.1) is 6.92 Å². The zero-order valence-corrected chi connectivity index (χ0v) is 10.8. The molecular formula is C16H15N3. The van der Waals surface area contributed by atoms with E-state index in [4.69, 9.17) is 0 Å². The van der Waals surface area contributed by atoms with E-state index in [1.54, 1.807) is 0 Å². The normalized spacial score (nSPS) is 10.6. The second-order valence-corrected chi connectivity index (χ2v) is 4.53. The summed E-state index contributed by atoms with van der Waals surface area (Å²) in [6, 6.07) is 20.5. The van der Waals surface area contributed by atoms with Crippen LogP contribution >= 0.6 is 0 Å². The van der Waals surface area contributed by atoms with Gasteiger partial charge in [0.1, 0.15) is 5.69 Å². The van der Waals surface area contributed by atoms with Crippen molar-refractivity contribution in [2.24, 2.45) is 0 Å². The van der Waals surface area contributed by atoms with Gasteiger partial charge < -0.3 is 0 Å². The SMILES string of the molecule is Cc1c(-c2ccccc2)nnn1Cc1ccccc1. The van der Waals surface area contributed by atoms with Crippen LogP contribution in [0.25, 0.3) is 11.3 Å². The fraction of sp³-hybridized carbons (Fsp3) is 0.125. The summed E-state index contributed by atoms with van der Waals surface area (Å²) in [5, 5.41) is 8.55. The summed E-state index contributed by atoms with van der Waals surface area (Å²) >= 11 is 0. The van der Waals surface area contributed by atoms with Crippen LogP contribution in [0.1, 0.15) is 11.3 Å². The molecule has 0 aliphatic heterocycles. The number of hydrogen-bond acceptors (Lipinski definition) is 2. The molecule has 0 aliphatic rings. The summed E-state index contributed by atoms with van der Waals surface area (Å²) in [6.45, 7) is 2.82. The van der Waals surface area contributed by atoms with E-state index >= 15 is 0 Å². The van der Waals surface area contributed by atoms with E-state index in [-0.39, 0.29) is 0 Å². The first-order valence-electron chi connectivity index (χ1n) is 6.34. The predicted molar refractivity (Wildman–Crippen MR) is 75.7 cm³/mol. The average Bonchev–Trinajstić information content (AvgIpc) is 2.82. The van der Waals surface area contributed by atoms with Crippen molar-refractivity contribution in [3.05, 3.63) is 71.9 Å². The third-order valence-corrected chi connectivity index (χ3v) is 3.20. The minimum Gasteiger partial charge on any atom is -0.245 e. The Bertz CT molecular complexity index is 657. The van der Waals surface area contributed by atoms with Gasteiger partial charge in [0.15, 0.2) is 0 Å². The first-order chi connectivity index (χ1) is 9.34. The van der Waals surface area contributed by atoms with Gasteiger partial charge in [0.25, 0.3) is 0 Å². The van der Waals surface area contributed by atoms with Crippen LogP contribution in [0.5, 0.6) is 0 Å². The lowest BCUT2D eigenvalue weighted by Crippen LogP contribution is -2.03. The quantitative estimate of drug-likeness (QED) is 0.713. The van der Waals surface area contributed by atoms with E-state index < -0.39 is 0 Å². The Balaban J connectivity index is 1.92. The van der Waals surface area contributed by atoms with Crippen LogP contribution in [0.4, 0.5) is 0 Å². The monoisotopic (exact) mass is 249 g/mol. The number of rotatable bonds is 3. The van der Waals surface area contributed by atoms with E-state index in [1.165, 1.54) is 5.56 Å². The van der Waals surface area contributed by atoms with Crippen LogP contribution in [-0.2, 0) is 6.54 Å². The number of nitrogens with zero attached hydrogens (tertiary/aromatic N) is 3. The minimum absolute atomic E-state index is 0.756. The highest BCUT2D eigenvalue weighted by Gasteiger charge is 2.10. The van der Waals surface area contributed by atoms with Crippen molar-refractivity contribution in [1.29, 1.82) is 0 Å². The molecule has 2 aromatic carbocycles. The third-order valence-electron chi connectivity index (χ3n) is 3.20. The molecule has 0 fully saturated rings. The maximum absolute atomic E-state index is 4.30. The third kappa shape index (κ3) is 2.40. The highest BCUT2D eigenvalue weighted by molar-refractivity contribution is 5.60. The molecule has 0 saturated heterocycles. The molecular weight excluding hydrogens is 234 g/mol. The van der Waals surface area contributed by atoms with E-state index in [2.05, 4.69) is 41.5 Å². The van der Waals surface area contributed by atoms with Gasteiger partial charge in [0.05, 0.1) is 12.2 Å². The van der Waals surface area contributed by atoms with Gasteiger partial charge in [-0.15, -0.1) is 5.10 Å². The fourth-order valence-corrected chi connectivity index (χ4v) is 2.13. The van der Waals surface area contributed by atoms with Gasteiger partial charge in [0, 0.05) is 5.56 Å². The molecule has 3 nitrogen and oxygen atoms in total. The van der Waals surface area contributed by atoms with Crippen molar-refractivity contribution in [3.63, 3.8) is 0 Å². The lowest BCUT2D eigenvalue weighted by Gasteiger charge is -2.04. The van der Waals surface area contributed by atoms with Gasteiger partial charge >= 0.3 is 0 Å². The van der Waals surface area contributed by atoms with E-state index in [0.29, 0.717) is 0 Å². The highest BCUT2D eigenvalue weighted by Crippen LogP contribution is 2.20. The molecule has 94 valence electrons. The van der Waals surface area contributed by atoms with Gasteiger partial charge in [-0.1, -0.05) is 65.9 Å². The van der Waals surface area contributed by atoms with Gasteiger partial charge in [-0.3, -0.25) is 0 Å². The van der Waals surface area contributed by atoms with E-state index in [9.17, 15) is 0 Å². The van der Waals surface area contributed by atoms with Crippen molar-refractivity contribution in [3.8, 4) is 11.3 Å². The fourth-order valence-electron chi connectivity index (χ4n) is 2.13. The number of aromatic nitrogens is 3. The molecule has 1 aromatic heterocycles. The molecule has 0 N–H and O–H groups in total. The maximum Gasteiger partial charge on any atom is 0.115 e. The molecule has 0 atom stereocenters. The van der Waals surface area contributed by atoms with Crippen LogP contribution in [-0.4, -0.2) is 15.0 Å². The maximum atomic E-state index is 4.30. The van der Waals surface area contributed by atoms with Crippen LogP contribution in [0.3, 0.4) is 0 Å². The predicted octanol–water partition coefficient (Wildman–Crippen LogP) is 3.30. The van der Waals surface area contributed by atoms with Crippen LogP contribution in [0.15, 0.2) is 60.7 Å². The molecule has 0 spiro atoms. The van der Waals surface area contributed by atoms with Crippen molar-refractivity contribution < 1.29 is 0 Å². The van der Waals surface area contributed by atoms with E-state index in [1.807, 2.05) is 41.1 Å². The molecule has 19 heavy (non-hydrogen) atoms. The Labute approximate surface area is 112 Å². The summed E-state index contributed by atoms with van der Waals surface area (Å²) in [4.78, 5) is 0. The van der Waals surface area contributed by atoms with E-state index in [0.717, 1.165) is 23.5 Å². The molecule has 0 aliphatic carbocycles. The summed E-state index contributed by atoms with van der Waals surface area (Å²) in [7, 11) is 0. The van der Waals surface area contributed by atoms with Gasteiger partial charge in [-0.05, 0) is 12.5 Å². The Morgan fingerprint density at radius 2 is 1.53 bits per heavy atom.